The number of halogens is 1. The molecular weight excluding hydrogens is 432 g/mol. The van der Waals surface area contributed by atoms with Crippen LogP contribution in [-0.4, -0.2) is 25.7 Å². The minimum Gasteiger partial charge on any atom is -0.310 e. The number of thioether (sulfide) groups is 1. The molecule has 1 unspecified atom stereocenters. The number of fused-ring (bicyclic) bond motifs is 1. The highest BCUT2D eigenvalue weighted by Crippen LogP contribution is 2.26. The average Bonchev–Trinajstić information content (AvgIpc) is 2.76. The Morgan fingerprint density at radius 3 is 2.55 bits per heavy atom. The van der Waals surface area contributed by atoms with E-state index >= 15 is 0 Å². The molecule has 2 heterocycles. The highest BCUT2D eigenvalue weighted by atomic mass is 35.5. The second-order valence-electron chi connectivity index (χ2n) is 7.00. The Morgan fingerprint density at radius 1 is 1.10 bits per heavy atom. The van der Waals surface area contributed by atoms with E-state index in [2.05, 4.69) is 15.3 Å². The number of carbonyl (C=O) groups is 1. The number of hydrogen-bond donors (Lipinski definition) is 1. The maximum absolute atomic E-state index is 13.3. The monoisotopic (exact) mass is 450 g/mol. The molecule has 2 aromatic carbocycles. The van der Waals surface area contributed by atoms with E-state index in [1.807, 2.05) is 43.3 Å². The second-order valence-corrected chi connectivity index (χ2v) is 8.74. The van der Waals surface area contributed by atoms with Gasteiger partial charge in [0.25, 0.3) is 5.56 Å². The molecular formula is C23H19ClN4O2S. The molecule has 0 radical (unpaired) electrons. The van der Waals surface area contributed by atoms with Crippen LogP contribution in [0, 0.1) is 6.92 Å². The number of benzene rings is 2. The highest BCUT2D eigenvalue weighted by Gasteiger charge is 2.20. The van der Waals surface area contributed by atoms with Gasteiger partial charge in [0.1, 0.15) is 5.82 Å². The first kappa shape index (κ1) is 21.1. The van der Waals surface area contributed by atoms with Gasteiger partial charge in [-0.1, -0.05) is 53.2 Å². The van der Waals surface area contributed by atoms with Crippen LogP contribution in [-0.2, 0) is 4.79 Å². The minimum atomic E-state index is -0.526. The SMILES string of the molecule is Cc1ccc(-n2c(SC(C)C(=O)Nc3ccc(Cl)cn3)nc3ccccc3c2=O)cc1. The van der Waals surface area contributed by atoms with E-state index in [0.29, 0.717) is 32.6 Å². The van der Waals surface area contributed by atoms with Crippen molar-refractivity contribution in [1.29, 1.82) is 0 Å². The third-order valence-corrected chi connectivity index (χ3v) is 5.94. The van der Waals surface area contributed by atoms with Gasteiger partial charge in [0.15, 0.2) is 5.16 Å². The normalized spacial score (nSPS) is 12.0. The third kappa shape index (κ3) is 4.62. The molecule has 4 aromatic rings. The Kier molecular flexibility index (Phi) is 6.06. The predicted molar refractivity (Wildman–Crippen MR) is 125 cm³/mol. The molecule has 0 fully saturated rings. The summed E-state index contributed by atoms with van der Waals surface area (Å²) in [6.07, 6.45) is 1.47. The van der Waals surface area contributed by atoms with Crippen molar-refractivity contribution in [1.82, 2.24) is 14.5 Å². The standard InChI is InChI=1S/C23H19ClN4O2S/c1-14-7-10-17(11-8-14)28-22(30)18-5-3-4-6-19(18)26-23(28)31-15(2)21(29)27-20-12-9-16(24)13-25-20/h3-13,15H,1-2H3,(H,25,27,29). The summed E-state index contributed by atoms with van der Waals surface area (Å²) in [6.45, 7) is 3.74. The first-order valence-corrected chi connectivity index (χ1v) is 10.9. The summed E-state index contributed by atoms with van der Waals surface area (Å²) in [4.78, 5) is 34.8. The van der Waals surface area contributed by atoms with E-state index in [4.69, 9.17) is 11.6 Å². The molecule has 0 bridgehead atoms. The van der Waals surface area contributed by atoms with Crippen LogP contribution in [0.3, 0.4) is 0 Å². The zero-order valence-corrected chi connectivity index (χ0v) is 18.4. The van der Waals surface area contributed by atoms with Crippen molar-refractivity contribution < 1.29 is 4.79 Å². The van der Waals surface area contributed by atoms with Crippen LogP contribution < -0.4 is 10.9 Å². The fraction of sp³-hybridized carbons (Fsp3) is 0.130. The van der Waals surface area contributed by atoms with Crippen LogP contribution in [0.15, 0.2) is 76.8 Å². The number of carbonyl (C=O) groups excluding carboxylic acids is 1. The molecule has 1 N–H and O–H groups in total. The van der Waals surface area contributed by atoms with Crippen molar-refractivity contribution in [2.75, 3.05) is 5.32 Å². The summed E-state index contributed by atoms with van der Waals surface area (Å²) in [5.74, 6) is 0.155. The van der Waals surface area contributed by atoms with Gasteiger partial charge >= 0.3 is 0 Å². The second kappa shape index (κ2) is 8.91. The summed E-state index contributed by atoms with van der Waals surface area (Å²) in [5, 5.41) is 3.69. The number of nitrogens with zero attached hydrogens (tertiary/aromatic N) is 3. The lowest BCUT2D eigenvalue weighted by Crippen LogP contribution is -2.26. The lowest BCUT2D eigenvalue weighted by Gasteiger charge is -2.16. The maximum Gasteiger partial charge on any atom is 0.266 e. The van der Waals surface area contributed by atoms with E-state index in [-0.39, 0.29) is 11.5 Å². The smallest absolute Gasteiger partial charge is 0.266 e. The van der Waals surface area contributed by atoms with Crippen LogP contribution in [0.2, 0.25) is 5.02 Å². The Labute approximate surface area is 188 Å². The number of amides is 1. The van der Waals surface area contributed by atoms with Crippen LogP contribution >= 0.6 is 23.4 Å². The number of rotatable bonds is 5. The van der Waals surface area contributed by atoms with Gasteiger partial charge in [-0.2, -0.15) is 0 Å². The first-order chi connectivity index (χ1) is 14.9. The quantitative estimate of drug-likeness (QED) is 0.347. The maximum atomic E-state index is 13.3. The minimum absolute atomic E-state index is 0.177. The van der Waals surface area contributed by atoms with Crippen LogP contribution in [0.25, 0.3) is 16.6 Å². The van der Waals surface area contributed by atoms with E-state index in [1.54, 1.807) is 35.8 Å². The molecule has 0 aliphatic heterocycles. The summed E-state index contributed by atoms with van der Waals surface area (Å²) in [6, 6.07) is 18.1. The van der Waals surface area contributed by atoms with Crippen molar-refractivity contribution in [2.45, 2.75) is 24.3 Å². The summed E-state index contributed by atoms with van der Waals surface area (Å²) >= 11 is 7.06. The largest absolute Gasteiger partial charge is 0.310 e. The lowest BCUT2D eigenvalue weighted by atomic mass is 10.2. The predicted octanol–water partition coefficient (Wildman–Crippen LogP) is 4.86. The Bertz CT molecular complexity index is 1300. The van der Waals surface area contributed by atoms with Crippen LogP contribution in [0.5, 0.6) is 0 Å². The molecule has 31 heavy (non-hydrogen) atoms. The number of hydrogen-bond acceptors (Lipinski definition) is 5. The topological polar surface area (TPSA) is 76.9 Å². The molecule has 6 nitrogen and oxygen atoms in total. The molecule has 0 aliphatic rings. The number of anilines is 1. The molecule has 156 valence electrons. The number of aryl methyl sites for hydroxylation is 1. The molecule has 0 saturated carbocycles. The van der Waals surface area contributed by atoms with Gasteiger partial charge in [-0.3, -0.25) is 14.2 Å². The molecule has 4 rings (SSSR count). The molecule has 0 aliphatic carbocycles. The summed E-state index contributed by atoms with van der Waals surface area (Å²) in [7, 11) is 0. The summed E-state index contributed by atoms with van der Waals surface area (Å²) < 4.78 is 1.55. The number of aromatic nitrogens is 3. The van der Waals surface area contributed by atoms with Crippen molar-refractivity contribution in [3.63, 3.8) is 0 Å². The zero-order chi connectivity index (χ0) is 22.0. The van der Waals surface area contributed by atoms with Gasteiger partial charge in [-0.25, -0.2) is 9.97 Å². The molecule has 0 saturated heterocycles. The van der Waals surface area contributed by atoms with E-state index in [1.165, 1.54) is 18.0 Å². The third-order valence-electron chi connectivity index (χ3n) is 4.67. The Morgan fingerprint density at radius 2 is 1.84 bits per heavy atom. The van der Waals surface area contributed by atoms with Crippen molar-refractivity contribution in [3.8, 4) is 5.69 Å². The highest BCUT2D eigenvalue weighted by molar-refractivity contribution is 8.00. The fourth-order valence-corrected chi connectivity index (χ4v) is 4.04. The number of para-hydroxylation sites is 1. The molecule has 2 aromatic heterocycles. The molecule has 0 spiro atoms. The van der Waals surface area contributed by atoms with Crippen molar-refractivity contribution >= 4 is 46.0 Å². The number of nitrogens with one attached hydrogen (secondary N) is 1. The first-order valence-electron chi connectivity index (χ1n) is 9.60. The summed E-state index contributed by atoms with van der Waals surface area (Å²) in [5.41, 5.74) is 2.19. The van der Waals surface area contributed by atoms with Gasteiger partial charge < -0.3 is 5.32 Å². The lowest BCUT2D eigenvalue weighted by molar-refractivity contribution is -0.115. The van der Waals surface area contributed by atoms with Crippen molar-refractivity contribution in [3.05, 3.63) is 87.8 Å². The van der Waals surface area contributed by atoms with Gasteiger partial charge in [0.2, 0.25) is 5.91 Å². The molecule has 1 amide bonds. The number of pyridine rings is 1. The fourth-order valence-electron chi connectivity index (χ4n) is 3.00. The van der Waals surface area contributed by atoms with Crippen molar-refractivity contribution in [2.24, 2.45) is 0 Å². The average molecular weight is 451 g/mol. The Hall–Kier alpha value is -3.16. The van der Waals surface area contributed by atoms with E-state index in [0.717, 1.165) is 5.56 Å². The van der Waals surface area contributed by atoms with Gasteiger partial charge in [0, 0.05) is 6.20 Å². The van der Waals surface area contributed by atoms with Gasteiger partial charge in [-0.05, 0) is 50.2 Å². The van der Waals surface area contributed by atoms with E-state index in [9.17, 15) is 9.59 Å². The van der Waals surface area contributed by atoms with Gasteiger partial charge in [-0.15, -0.1) is 0 Å². The van der Waals surface area contributed by atoms with Crippen LogP contribution in [0.4, 0.5) is 5.82 Å². The molecule has 8 heteroatoms. The van der Waals surface area contributed by atoms with Gasteiger partial charge in [0.05, 0.1) is 26.9 Å². The zero-order valence-electron chi connectivity index (χ0n) is 16.9. The van der Waals surface area contributed by atoms with E-state index < -0.39 is 5.25 Å². The molecule has 1 atom stereocenters. The van der Waals surface area contributed by atoms with Crippen LogP contribution in [0.1, 0.15) is 12.5 Å². The Balaban J connectivity index is 1.71.